The van der Waals surface area contributed by atoms with Gasteiger partial charge in [-0.05, 0) is 59.7 Å². The first-order valence-electron chi connectivity index (χ1n) is 3.66. The van der Waals surface area contributed by atoms with E-state index >= 15 is 0 Å². The molecule has 13 heavy (non-hydrogen) atoms. The monoisotopic (exact) mass is 300 g/mol. The highest BCUT2D eigenvalue weighted by Crippen LogP contribution is 2.34. The smallest absolute Gasteiger partial charge is 0.166 e. The van der Waals surface area contributed by atoms with Crippen LogP contribution in [0.25, 0.3) is 0 Å². The number of aryl methyl sites for hydroxylation is 2. The first-order chi connectivity index (χ1) is 5.82. The normalized spacial score (nSPS) is 11.8. The Bertz CT molecular complexity index is 328. The second kappa shape index (κ2) is 3.48. The molecule has 4 heteroatoms. The zero-order valence-electron chi connectivity index (χ0n) is 7.17. The van der Waals surface area contributed by atoms with Gasteiger partial charge in [0.15, 0.2) is 0 Å². The molecule has 0 aliphatic heterocycles. The third-order valence-corrected chi connectivity index (χ3v) is 2.78. The Morgan fingerprint density at radius 3 is 2.00 bits per heavy atom. The van der Waals surface area contributed by atoms with E-state index < -0.39 is 11.7 Å². The number of rotatable bonds is 0. The number of halogens is 4. The molecule has 72 valence electrons. The van der Waals surface area contributed by atoms with Crippen LogP contribution >= 0.6 is 22.6 Å². The van der Waals surface area contributed by atoms with Crippen LogP contribution in [0, 0.1) is 17.4 Å². The van der Waals surface area contributed by atoms with Gasteiger partial charge in [-0.15, -0.1) is 0 Å². The fraction of sp³-hybridized carbons (Fsp3) is 0.333. The quantitative estimate of drug-likeness (QED) is 0.637. The van der Waals surface area contributed by atoms with Crippen LogP contribution in [0.5, 0.6) is 0 Å². The van der Waals surface area contributed by atoms with E-state index in [1.165, 1.54) is 6.07 Å². The maximum atomic E-state index is 12.4. The summed E-state index contributed by atoms with van der Waals surface area (Å²) in [5.74, 6) is 0. The molecule has 0 heterocycles. The molecular formula is C9H8F3I. The SMILES string of the molecule is Cc1cc(I)c(C(F)(F)F)cc1C. The van der Waals surface area contributed by atoms with E-state index in [4.69, 9.17) is 0 Å². The van der Waals surface area contributed by atoms with E-state index in [9.17, 15) is 13.2 Å². The summed E-state index contributed by atoms with van der Waals surface area (Å²) in [5.41, 5.74) is 1.02. The molecule has 0 radical (unpaired) electrons. The minimum Gasteiger partial charge on any atom is -0.166 e. The summed E-state index contributed by atoms with van der Waals surface area (Å²) in [4.78, 5) is 0. The fourth-order valence-corrected chi connectivity index (χ4v) is 1.93. The van der Waals surface area contributed by atoms with Gasteiger partial charge in [0.25, 0.3) is 0 Å². The molecule has 1 rings (SSSR count). The van der Waals surface area contributed by atoms with Gasteiger partial charge in [0, 0.05) is 3.57 Å². The Morgan fingerprint density at radius 2 is 1.54 bits per heavy atom. The first-order valence-corrected chi connectivity index (χ1v) is 4.74. The predicted molar refractivity (Wildman–Crippen MR) is 53.6 cm³/mol. The summed E-state index contributed by atoms with van der Waals surface area (Å²) in [6.07, 6.45) is -4.24. The Hall–Kier alpha value is -0.260. The summed E-state index contributed by atoms with van der Waals surface area (Å²) < 4.78 is 37.3. The van der Waals surface area contributed by atoms with Gasteiger partial charge in [0.1, 0.15) is 0 Å². The average Bonchev–Trinajstić information content (AvgIpc) is 1.94. The number of benzene rings is 1. The molecule has 0 aliphatic rings. The second-order valence-corrected chi connectivity index (χ2v) is 4.08. The molecule has 1 aromatic carbocycles. The minimum atomic E-state index is -4.24. The Labute approximate surface area is 88.3 Å². The summed E-state index contributed by atoms with van der Waals surface area (Å²) in [6, 6.07) is 2.75. The van der Waals surface area contributed by atoms with E-state index in [0.29, 0.717) is 5.56 Å². The van der Waals surface area contributed by atoms with Gasteiger partial charge in [-0.1, -0.05) is 0 Å². The van der Waals surface area contributed by atoms with E-state index in [0.717, 1.165) is 5.56 Å². The first kappa shape index (κ1) is 10.8. The van der Waals surface area contributed by atoms with Crippen molar-refractivity contribution in [3.8, 4) is 0 Å². The van der Waals surface area contributed by atoms with Crippen LogP contribution in [0.4, 0.5) is 13.2 Å². The van der Waals surface area contributed by atoms with Crippen LogP contribution in [-0.4, -0.2) is 0 Å². The molecule has 0 amide bonds. The fourth-order valence-electron chi connectivity index (χ4n) is 0.998. The predicted octanol–water partition coefficient (Wildman–Crippen LogP) is 3.93. The lowest BCUT2D eigenvalue weighted by molar-refractivity contribution is -0.138. The van der Waals surface area contributed by atoms with E-state index in [2.05, 4.69) is 0 Å². The zero-order chi connectivity index (χ0) is 10.2. The number of hydrogen-bond acceptors (Lipinski definition) is 0. The molecule has 0 saturated carbocycles. The minimum absolute atomic E-state index is 0.258. The van der Waals surface area contributed by atoms with Crippen molar-refractivity contribution in [2.45, 2.75) is 20.0 Å². The van der Waals surface area contributed by atoms with Gasteiger partial charge >= 0.3 is 6.18 Å². The van der Waals surface area contributed by atoms with Crippen LogP contribution in [0.15, 0.2) is 12.1 Å². The van der Waals surface area contributed by atoms with Crippen LogP contribution in [0.3, 0.4) is 0 Å². The van der Waals surface area contributed by atoms with Gasteiger partial charge in [0.2, 0.25) is 0 Å². The van der Waals surface area contributed by atoms with Crippen molar-refractivity contribution < 1.29 is 13.2 Å². The standard InChI is InChI=1S/C9H8F3I/c1-5-3-7(9(10,11)12)8(13)4-6(5)2/h3-4H,1-2H3. The van der Waals surface area contributed by atoms with E-state index in [1.54, 1.807) is 42.5 Å². The topological polar surface area (TPSA) is 0 Å². The molecule has 0 nitrogen and oxygen atoms in total. The van der Waals surface area contributed by atoms with Crippen molar-refractivity contribution in [2.75, 3.05) is 0 Å². The number of hydrogen-bond donors (Lipinski definition) is 0. The lowest BCUT2D eigenvalue weighted by Crippen LogP contribution is -2.08. The third-order valence-electron chi connectivity index (χ3n) is 1.89. The maximum absolute atomic E-state index is 12.4. The summed E-state index contributed by atoms with van der Waals surface area (Å²) in [5, 5.41) is 0. The van der Waals surface area contributed by atoms with Gasteiger partial charge in [0.05, 0.1) is 5.56 Å². The second-order valence-electron chi connectivity index (χ2n) is 2.91. The maximum Gasteiger partial charge on any atom is 0.417 e. The highest BCUT2D eigenvalue weighted by Gasteiger charge is 2.33. The highest BCUT2D eigenvalue weighted by atomic mass is 127. The van der Waals surface area contributed by atoms with Crippen LogP contribution < -0.4 is 0 Å². The van der Waals surface area contributed by atoms with Crippen molar-refractivity contribution in [1.82, 2.24) is 0 Å². The largest absolute Gasteiger partial charge is 0.417 e. The van der Waals surface area contributed by atoms with E-state index in [1.807, 2.05) is 0 Å². The molecule has 0 aromatic heterocycles. The van der Waals surface area contributed by atoms with Gasteiger partial charge < -0.3 is 0 Å². The van der Waals surface area contributed by atoms with Crippen molar-refractivity contribution in [3.05, 3.63) is 32.4 Å². The molecular weight excluding hydrogens is 292 g/mol. The molecule has 0 atom stereocenters. The van der Waals surface area contributed by atoms with Gasteiger partial charge in [-0.3, -0.25) is 0 Å². The molecule has 0 saturated heterocycles. The summed E-state index contributed by atoms with van der Waals surface area (Å²) in [7, 11) is 0. The third kappa shape index (κ3) is 2.36. The molecule has 0 N–H and O–H groups in total. The molecule has 0 spiro atoms. The molecule has 0 fully saturated rings. The van der Waals surface area contributed by atoms with Gasteiger partial charge in [-0.25, -0.2) is 0 Å². The highest BCUT2D eigenvalue weighted by molar-refractivity contribution is 14.1. The van der Waals surface area contributed by atoms with Crippen LogP contribution in [0.2, 0.25) is 0 Å². The lowest BCUT2D eigenvalue weighted by atomic mass is 10.1. The summed E-state index contributed by atoms with van der Waals surface area (Å²) >= 11 is 1.71. The van der Waals surface area contributed by atoms with Crippen molar-refractivity contribution in [1.29, 1.82) is 0 Å². The van der Waals surface area contributed by atoms with Crippen molar-refractivity contribution >= 4 is 22.6 Å². The zero-order valence-corrected chi connectivity index (χ0v) is 9.32. The number of alkyl halides is 3. The summed E-state index contributed by atoms with van der Waals surface area (Å²) in [6.45, 7) is 3.48. The van der Waals surface area contributed by atoms with Gasteiger partial charge in [-0.2, -0.15) is 13.2 Å². The Morgan fingerprint density at radius 1 is 1.08 bits per heavy atom. The van der Waals surface area contributed by atoms with Crippen LogP contribution in [-0.2, 0) is 6.18 Å². The van der Waals surface area contributed by atoms with Crippen molar-refractivity contribution in [2.24, 2.45) is 0 Å². The Kier molecular flexibility index (Phi) is 2.89. The molecule has 0 bridgehead atoms. The van der Waals surface area contributed by atoms with Crippen molar-refractivity contribution in [3.63, 3.8) is 0 Å². The molecule has 0 aliphatic carbocycles. The average molecular weight is 300 g/mol. The molecule has 0 unspecified atom stereocenters. The Balaban J connectivity index is 3.32. The lowest BCUT2D eigenvalue weighted by Gasteiger charge is -2.11. The van der Waals surface area contributed by atoms with Crippen LogP contribution in [0.1, 0.15) is 16.7 Å². The molecule has 1 aromatic rings. The van der Waals surface area contributed by atoms with E-state index in [-0.39, 0.29) is 3.57 Å².